The molecule has 5 N–H and O–H groups in total. The van der Waals surface area contributed by atoms with E-state index in [9.17, 15) is 23.1 Å². The number of carbonyl (C=O) groups excluding carboxylic acids is 1. The van der Waals surface area contributed by atoms with Gasteiger partial charge in [0.15, 0.2) is 5.96 Å². The number of aryl methyl sites for hydroxylation is 3. The van der Waals surface area contributed by atoms with Crippen LogP contribution in [0.4, 0.5) is 0 Å². The van der Waals surface area contributed by atoms with E-state index in [0.717, 1.165) is 54.0 Å². The number of nitrogens with one attached hydrogen (secondary N) is 4. The van der Waals surface area contributed by atoms with E-state index >= 15 is 0 Å². The Hall–Kier alpha value is -4.75. The van der Waals surface area contributed by atoms with E-state index in [1.807, 2.05) is 35.0 Å². The van der Waals surface area contributed by atoms with Crippen molar-refractivity contribution >= 4 is 38.8 Å². The second-order valence-corrected chi connectivity index (χ2v) is 12.3. The Labute approximate surface area is 255 Å². The first-order chi connectivity index (χ1) is 21.1. The average Bonchev–Trinajstić information content (AvgIpc) is 3.67. The van der Waals surface area contributed by atoms with Crippen LogP contribution in [0.25, 0.3) is 22.0 Å². The van der Waals surface area contributed by atoms with Gasteiger partial charge in [-0.3, -0.25) is 19.3 Å². The van der Waals surface area contributed by atoms with Crippen molar-refractivity contribution in [3.05, 3.63) is 83.6 Å². The van der Waals surface area contributed by atoms with Crippen LogP contribution in [0.2, 0.25) is 0 Å². The van der Waals surface area contributed by atoms with E-state index in [4.69, 9.17) is 0 Å². The molecule has 5 rings (SSSR count). The molecule has 1 aliphatic rings. The highest BCUT2D eigenvalue weighted by Crippen LogP contribution is 2.28. The van der Waals surface area contributed by atoms with Gasteiger partial charge in [0.05, 0.1) is 23.2 Å². The lowest BCUT2D eigenvalue weighted by Crippen LogP contribution is -2.48. The molecule has 0 fully saturated rings. The molecule has 1 amide bonds. The second-order valence-electron chi connectivity index (χ2n) is 10.6. The molecule has 0 radical (unpaired) electrons. The lowest BCUT2D eigenvalue weighted by molar-refractivity contribution is -0.138. The Morgan fingerprint density at radius 1 is 1.05 bits per heavy atom. The number of carbonyl (C=O) groups is 2. The monoisotopic (exact) mass is 617 g/mol. The Morgan fingerprint density at radius 3 is 2.48 bits per heavy atom. The number of amides is 1. The normalized spacial score (nSPS) is 13.7. The van der Waals surface area contributed by atoms with Gasteiger partial charge in [0, 0.05) is 37.1 Å². The van der Waals surface area contributed by atoms with Gasteiger partial charge in [-0.05, 0) is 60.7 Å². The fourth-order valence-electron chi connectivity index (χ4n) is 5.25. The predicted octanol–water partition coefficient (Wildman–Crippen LogP) is 2.42. The van der Waals surface area contributed by atoms with Gasteiger partial charge < -0.3 is 21.1 Å². The van der Waals surface area contributed by atoms with E-state index in [2.05, 4.69) is 30.8 Å². The summed E-state index contributed by atoms with van der Waals surface area (Å²) >= 11 is 0. The zero-order valence-corrected chi connectivity index (χ0v) is 25.3. The quantitative estimate of drug-likeness (QED) is 0.151. The lowest BCUT2D eigenvalue weighted by atomic mass is 10.0. The molecule has 0 saturated heterocycles. The topological polar surface area (TPSA) is 167 Å². The molecule has 1 aromatic heterocycles. The van der Waals surface area contributed by atoms with E-state index < -0.39 is 34.5 Å². The first-order valence-electron chi connectivity index (χ1n) is 14.3. The third-order valence-corrected chi connectivity index (χ3v) is 9.09. The molecule has 12 nitrogen and oxygen atoms in total. The summed E-state index contributed by atoms with van der Waals surface area (Å²) in [5.74, 6) is -1.13. The van der Waals surface area contributed by atoms with Gasteiger partial charge in [0.2, 0.25) is 10.0 Å². The Kier molecular flexibility index (Phi) is 9.26. The lowest BCUT2D eigenvalue weighted by Gasteiger charge is -2.19. The summed E-state index contributed by atoms with van der Waals surface area (Å²) in [5.41, 5.74) is 3.92. The van der Waals surface area contributed by atoms with Crippen LogP contribution in [0.3, 0.4) is 0 Å². The molecule has 1 aliphatic heterocycles. The smallest absolute Gasteiger partial charge is 0.323 e. The van der Waals surface area contributed by atoms with Gasteiger partial charge in [0.25, 0.3) is 5.91 Å². The fourth-order valence-corrected chi connectivity index (χ4v) is 6.89. The highest BCUT2D eigenvalue weighted by Gasteiger charge is 2.28. The van der Waals surface area contributed by atoms with Crippen LogP contribution in [-0.2, 0) is 21.4 Å². The molecular weight excluding hydrogens is 582 g/mol. The van der Waals surface area contributed by atoms with Crippen molar-refractivity contribution in [2.75, 3.05) is 26.2 Å². The van der Waals surface area contributed by atoms with Gasteiger partial charge >= 0.3 is 5.97 Å². The molecule has 3 aromatic carbocycles. The minimum atomic E-state index is -4.23. The number of sulfonamides is 1. The number of guanidine groups is 1. The molecule has 4 aromatic rings. The Morgan fingerprint density at radius 2 is 1.80 bits per heavy atom. The summed E-state index contributed by atoms with van der Waals surface area (Å²) in [6.07, 6.45) is 2.49. The molecule has 1 atom stereocenters. The maximum absolute atomic E-state index is 13.4. The van der Waals surface area contributed by atoms with Crippen molar-refractivity contribution in [2.45, 2.75) is 37.8 Å². The predicted molar refractivity (Wildman–Crippen MR) is 168 cm³/mol. The molecule has 230 valence electrons. The third-order valence-electron chi connectivity index (χ3n) is 7.32. The third kappa shape index (κ3) is 7.06. The number of aliphatic carboxylic acids is 1. The minimum Gasteiger partial charge on any atom is -0.480 e. The van der Waals surface area contributed by atoms with Gasteiger partial charge in [-0.1, -0.05) is 42.5 Å². The number of benzene rings is 3. The number of hydrogen-bond acceptors (Lipinski definition) is 8. The van der Waals surface area contributed by atoms with Crippen molar-refractivity contribution < 1.29 is 23.1 Å². The summed E-state index contributed by atoms with van der Waals surface area (Å²) in [7, 11) is -4.23. The second kappa shape index (κ2) is 13.3. The largest absolute Gasteiger partial charge is 0.480 e. The number of fused-ring (bicyclic) bond motifs is 1. The van der Waals surface area contributed by atoms with Crippen molar-refractivity contribution in [2.24, 2.45) is 4.99 Å². The first-order valence-corrected chi connectivity index (χ1v) is 15.8. The molecule has 2 heterocycles. The molecule has 1 unspecified atom stereocenters. The molecule has 13 heteroatoms. The molecule has 0 bridgehead atoms. The number of nitrogens with zero attached hydrogens (tertiary/aromatic N) is 3. The van der Waals surface area contributed by atoms with Crippen LogP contribution in [0.5, 0.6) is 0 Å². The van der Waals surface area contributed by atoms with Gasteiger partial charge in [-0.25, -0.2) is 8.42 Å². The number of aromatic nitrogens is 2. The number of carboxylic acids is 1. The SMILES string of the molecule is Cc1cc(-c2ccccc2)cc(C)c1S(=O)(=O)NC(CNC(=O)c1ccc2c(cnn2CCCNC2=NCCN2)c1)C(=O)O. The van der Waals surface area contributed by atoms with Gasteiger partial charge in [-0.2, -0.15) is 9.82 Å². The average molecular weight is 618 g/mol. The van der Waals surface area contributed by atoms with Gasteiger partial charge in [0.1, 0.15) is 6.04 Å². The fraction of sp³-hybridized carbons (Fsp3) is 0.290. The molecule has 0 spiro atoms. The first kappa shape index (κ1) is 30.7. The number of rotatable bonds is 12. The van der Waals surface area contributed by atoms with E-state index in [1.54, 1.807) is 50.4 Å². The van der Waals surface area contributed by atoms with Crippen LogP contribution < -0.4 is 20.7 Å². The summed E-state index contributed by atoms with van der Waals surface area (Å²) < 4.78 is 30.8. The molecular formula is C31H35N7O5S. The maximum Gasteiger partial charge on any atom is 0.323 e. The van der Waals surface area contributed by atoms with Crippen molar-refractivity contribution in [1.82, 2.24) is 30.5 Å². The number of carboxylic acid groups (broad SMARTS) is 1. The van der Waals surface area contributed by atoms with Crippen LogP contribution in [-0.4, -0.2) is 73.4 Å². The highest BCUT2D eigenvalue weighted by atomic mass is 32.2. The minimum absolute atomic E-state index is 0.0111. The van der Waals surface area contributed by atoms with Crippen molar-refractivity contribution in [3.63, 3.8) is 0 Å². The number of hydrogen-bond donors (Lipinski definition) is 5. The molecule has 0 saturated carbocycles. The van der Waals surface area contributed by atoms with Crippen molar-refractivity contribution in [3.8, 4) is 11.1 Å². The summed E-state index contributed by atoms with van der Waals surface area (Å²) in [5, 5.41) is 23.9. The van der Waals surface area contributed by atoms with Crippen molar-refractivity contribution in [1.29, 1.82) is 0 Å². The van der Waals surface area contributed by atoms with Crippen LogP contribution in [0.1, 0.15) is 27.9 Å². The van der Waals surface area contributed by atoms with Crippen LogP contribution >= 0.6 is 0 Å². The number of aliphatic imine (C=N–C) groups is 1. The standard InChI is InChI=1S/C31H35N7O5S/c1-20-15-24(22-7-4-3-5-8-22)16-21(2)28(20)44(42,43)37-26(30(40)41)19-35-29(39)23-9-10-27-25(17-23)18-36-38(27)14-6-11-32-31-33-12-13-34-31/h3-5,7-10,15-18,26,37H,6,11-14,19H2,1-2H3,(H,35,39)(H,40,41)(H2,32,33,34). The zero-order chi connectivity index (χ0) is 31.3. The van der Waals surface area contributed by atoms with E-state index in [0.29, 0.717) is 23.2 Å². The van der Waals surface area contributed by atoms with Crippen LogP contribution in [0, 0.1) is 13.8 Å². The Balaban J connectivity index is 1.21. The van der Waals surface area contributed by atoms with E-state index in [1.165, 1.54) is 0 Å². The van der Waals surface area contributed by atoms with E-state index in [-0.39, 0.29) is 4.90 Å². The maximum atomic E-state index is 13.4. The Bertz CT molecular complexity index is 1800. The molecule has 44 heavy (non-hydrogen) atoms. The zero-order valence-electron chi connectivity index (χ0n) is 24.5. The molecule has 0 aliphatic carbocycles. The van der Waals surface area contributed by atoms with Gasteiger partial charge in [-0.15, -0.1) is 0 Å². The summed E-state index contributed by atoms with van der Waals surface area (Å²) in [4.78, 5) is 29.3. The summed E-state index contributed by atoms with van der Waals surface area (Å²) in [6, 6.07) is 16.6. The summed E-state index contributed by atoms with van der Waals surface area (Å²) in [6.45, 7) is 5.92. The highest BCUT2D eigenvalue weighted by molar-refractivity contribution is 7.89. The van der Waals surface area contributed by atoms with Crippen LogP contribution in [0.15, 0.2) is 76.7 Å².